The second-order valence-corrected chi connectivity index (χ2v) is 11.6. The predicted molar refractivity (Wildman–Crippen MR) is 187 cm³/mol. The van der Waals surface area contributed by atoms with Crippen LogP contribution in [0.2, 0.25) is 0 Å². The fourth-order valence-electron chi connectivity index (χ4n) is 7.25. The maximum atomic E-state index is 10.1. The van der Waals surface area contributed by atoms with Crippen molar-refractivity contribution in [2.75, 3.05) is 0 Å². The van der Waals surface area contributed by atoms with Crippen LogP contribution in [0.1, 0.15) is 11.1 Å². The molecule has 46 heavy (non-hydrogen) atoms. The number of aromatic nitrogens is 2. The van der Waals surface area contributed by atoms with E-state index in [1.165, 1.54) is 0 Å². The van der Waals surface area contributed by atoms with Crippen molar-refractivity contribution in [2.24, 2.45) is 0 Å². The Morgan fingerprint density at radius 1 is 0.370 bits per heavy atom. The Balaban J connectivity index is 1.77. The Hall–Kier alpha value is -6.62. The normalized spacial score (nSPS) is 11.4. The monoisotopic (exact) mass is 584 g/mol. The largest absolute Gasteiger partial charge is 0.306 e. The zero-order valence-electron chi connectivity index (χ0n) is 24.6. The number of hydrogen-bond donors (Lipinski definition) is 0. The first kappa shape index (κ1) is 25.8. The van der Waals surface area contributed by atoms with Crippen LogP contribution in [0.15, 0.2) is 146 Å². The third kappa shape index (κ3) is 3.59. The molecule has 0 aliphatic rings. The van der Waals surface area contributed by atoms with Crippen molar-refractivity contribution in [3.8, 4) is 34.4 Å². The van der Waals surface area contributed by atoms with Gasteiger partial charge in [-0.2, -0.15) is 10.5 Å². The summed E-state index contributed by atoms with van der Waals surface area (Å²) < 4.78 is 4.71. The minimum absolute atomic E-state index is 0.586. The van der Waals surface area contributed by atoms with Gasteiger partial charge < -0.3 is 8.80 Å². The molecule has 4 nitrogen and oxygen atoms in total. The third-order valence-electron chi connectivity index (χ3n) is 9.12. The summed E-state index contributed by atoms with van der Waals surface area (Å²) in [6, 6.07) is 54.9. The molecule has 0 spiro atoms. The van der Waals surface area contributed by atoms with E-state index in [2.05, 4.69) is 118 Å². The Morgan fingerprint density at radius 2 is 0.761 bits per heavy atom. The fraction of sp³-hybridized carbons (Fsp3) is 0. The van der Waals surface area contributed by atoms with E-state index in [0.717, 1.165) is 76.9 Å². The van der Waals surface area contributed by atoms with Crippen molar-refractivity contribution < 1.29 is 0 Å². The molecular weight excluding hydrogens is 560 g/mol. The second kappa shape index (κ2) is 9.96. The number of hydrogen-bond acceptors (Lipinski definition) is 2. The molecule has 0 fully saturated rings. The Morgan fingerprint density at radius 3 is 1.17 bits per heavy atom. The molecule has 0 aliphatic carbocycles. The minimum Gasteiger partial charge on any atom is -0.306 e. The standard InChI is InChI=1S/C42H24N4/c43-25-27-19-21-31-32-22-20-28(26-44)24-38(32)46-36-18-10-8-16-34(36)40(30-13-5-2-6-14-30)42(46)41-39(29-11-3-1-4-12-29)33-15-7-9-17-35(33)45(41)37(31)23-27/h1-24H. The van der Waals surface area contributed by atoms with Gasteiger partial charge in [0.1, 0.15) is 0 Å². The van der Waals surface area contributed by atoms with Gasteiger partial charge in [-0.3, -0.25) is 0 Å². The zero-order valence-corrected chi connectivity index (χ0v) is 24.6. The smallest absolute Gasteiger partial charge is 0.0992 e. The lowest BCUT2D eigenvalue weighted by atomic mass is 9.99. The number of benzene rings is 6. The zero-order chi connectivity index (χ0) is 30.8. The van der Waals surface area contributed by atoms with Gasteiger partial charge in [-0.1, -0.05) is 109 Å². The van der Waals surface area contributed by atoms with Gasteiger partial charge in [0.15, 0.2) is 0 Å². The molecule has 0 bridgehead atoms. The Kier molecular flexibility index (Phi) is 5.59. The number of fused-ring (bicyclic) bond motifs is 12. The first-order valence-corrected chi connectivity index (χ1v) is 15.2. The maximum absolute atomic E-state index is 10.1. The highest BCUT2D eigenvalue weighted by molar-refractivity contribution is 6.21. The topological polar surface area (TPSA) is 56.4 Å². The van der Waals surface area contributed by atoms with Crippen LogP contribution in [0.25, 0.3) is 76.9 Å². The molecule has 0 unspecified atom stereocenters. The molecule has 212 valence electrons. The summed E-state index contributed by atoms with van der Waals surface area (Å²) in [6.45, 7) is 0. The number of nitrogens with zero attached hydrogens (tertiary/aromatic N) is 4. The number of rotatable bonds is 2. The van der Waals surface area contributed by atoms with E-state index in [-0.39, 0.29) is 0 Å². The van der Waals surface area contributed by atoms with Crippen molar-refractivity contribution >= 4 is 54.6 Å². The van der Waals surface area contributed by atoms with Crippen LogP contribution in [0, 0.1) is 22.7 Å². The molecule has 0 saturated carbocycles. The highest BCUT2D eigenvalue weighted by atomic mass is 15.0. The molecule has 6 aromatic carbocycles. The fourth-order valence-corrected chi connectivity index (χ4v) is 7.25. The van der Waals surface area contributed by atoms with Crippen LogP contribution in [-0.4, -0.2) is 8.80 Å². The number of nitriles is 2. The van der Waals surface area contributed by atoms with Gasteiger partial charge in [-0.25, -0.2) is 0 Å². The van der Waals surface area contributed by atoms with Crippen LogP contribution in [0.4, 0.5) is 0 Å². The van der Waals surface area contributed by atoms with E-state index in [1.54, 1.807) is 0 Å². The first-order chi connectivity index (χ1) is 22.8. The molecule has 4 heteroatoms. The summed E-state index contributed by atoms with van der Waals surface area (Å²) in [4.78, 5) is 0. The van der Waals surface area contributed by atoms with Crippen molar-refractivity contribution in [2.45, 2.75) is 0 Å². The Bertz CT molecular complexity index is 2610. The molecule has 0 amide bonds. The number of para-hydroxylation sites is 2. The second-order valence-electron chi connectivity index (χ2n) is 11.6. The van der Waals surface area contributed by atoms with Crippen molar-refractivity contribution in [3.63, 3.8) is 0 Å². The van der Waals surface area contributed by atoms with Gasteiger partial charge in [-0.05, 0) is 47.5 Å². The molecule has 3 aromatic heterocycles. The van der Waals surface area contributed by atoms with Crippen LogP contribution >= 0.6 is 0 Å². The van der Waals surface area contributed by atoms with E-state index in [0.29, 0.717) is 11.1 Å². The van der Waals surface area contributed by atoms with E-state index in [4.69, 9.17) is 0 Å². The van der Waals surface area contributed by atoms with E-state index in [9.17, 15) is 10.5 Å². The molecule has 0 N–H and O–H groups in total. The first-order valence-electron chi connectivity index (χ1n) is 15.2. The molecule has 0 radical (unpaired) electrons. The maximum Gasteiger partial charge on any atom is 0.0992 e. The summed E-state index contributed by atoms with van der Waals surface area (Å²) in [6.07, 6.45) is 0. The molecular formula is C42H24N4. The predicted octanol–water partition coefficient (Wildman–Crippen LogP) is 10.4. The summed E-state index contributed by atoms with van der Waals surface area (Å²) in [5.41, 5.74) is 11.6. The molecule has 0 saturated heterocycles. The summed E-state index contributed by atoms with van der Waals surface area (Å²) in [7, 11) is 0. The average Bonchev–Trinajstić information content (AvgIpc) is 3.64. The van der Waals surface area contributed by atoms with Gasteiger partial charge in [0, 0.05) is 32.7 Å². The average molecular weight is 585 g/mol. The Labute approximate surface area is 264 Å². The molecule has 0 atom stereocenters. The van der Waals surface area contributed by atoms with Gasteiger partial charge in [0.25, 0.3) is 0 Å². The van der Waals surface area contributed by atoms with Crippen molar-refractivity contribution in [3.05, 3.63) is 157 Å². The summed E-state index contributed by atoms with van der Waals surface area (Å²) in [5, 5.41) is 24.5. The van der Waals surface area contributed by atoms with Crippen molar-refractivity contribution in [1.29, 1.82) is 10.5 Å². The summed E-state index contributed by atoms with van der Waals surface area (Å²) >= 11 is 0. The minimum atomic E-state index is 0.586. The van der Waals surface area contributed by atoms with Crippen LogP contribution in [0.3, 0.4) is 0 Å². The van der Waals surface area contributed by atoms with Crippen molar-refractivity contribution in [1.82, 2.24) is 8.80 Å². The van der Waals surface area contributed by atoms with Crippen LogP contribution in [-0.2, 0) is 0 Å². The van der Waals surface area contributed by atoms with Gasteiger partial charge in [-0.15, -0.1) is 0 Å². The lowest BCUT2D eigenvalue weighted by Crippen LogP contribution is -1.96. The molecule has 3 heterocycles. The molecule has 0 aliphatic heterocycles. The highest BCUT2D eigenvalue weighted by Gasteiger charge is 2.24. The lowest BCUT2D eigenvalue weighted by molar-refractivity contribution is 1.29. The van der Waals surface area contributed by atoms with E-state index in [1.807, 2.05) is 48.5 Å². The van der Waals surface area contributed by atoms with Crippen LogP contribution < -0.4 is 0 Å². The van der Waals surface area contributed by atoms with Gasteiger partial charge in [0.2, 0.25) is 0 Å². The van der Waals surface area contributed by atoms with Crippen LogP contribution in [0.5, 0.6) is 0 Å². The third-order valence-corrected chi connectivity index (χ3v) is 9.12. The van der Waals surface area contributed by atoms with E-state index >= 15 is 0 Å². The highest BCUT2D eigenvalue weighted by Crippen LogP contribution is 2.45. The SMILES string of the molecule is N#Cc1ccc2c3ccc(C#N)cc3n3c4ccccc4c(-c4ccccc4)c3c3c(-c4ccccc4)c4ccccc4n3c2c1. The lowest BCUT2D eigenvalue weighted by Gasteiger charge is -2.12. The van der Waals surface area contributed by atoms with Gasteiger partial charge >= 0.3 is 0 Å². The molecule has 9 rings (SSSR count). The summed E-state index contributed by atoms with van der Waals surface area (Å²) in [5.74, 6) is 0. The van der Waals surface area contributed by atoms with Gasteiger partial charge in [0.05, 0.1) is 56.4 Å². The van der Waals surface area contributed by atoms with E-state index < -0.39 is 0 Å². The quantitative estimate of drug-likeness (QED) is 0.203. The molecule has 9 aromatic rings.